The van der Waals surface area contributed by atoms with Crippen LogP contribution in [0.15, 0.2) is 67.0 Å². The summed E-state index contributed by atoms with van der Waals surface area (Å²) in [5.74, 6) is 1.47. The van der Waals surface area contributed by atoms with E-state index < -0.39 is 0 Å². The molecule has 0 fully saturated rings. The van der Waals surface area contributed by atoms with Gasteiger partial charge in [-0.15, -0.1) is 0 Å². The summed E-state index contributed by atoms with van der Waals surface area (Å²) >= 11 is 0. The molecule has 3 aromatic rings. The van der Waals surface area contributed by atoms with Crippen LogP contribution in [0.25, 0.3) is 11.4 Å². The fourth-order valence-corrected chi connectivity index (χ4v) is 2.52. The predicted molar refractivity (Wildman–Crippen MR) is 106 cm³/mol. The number of carbonyl (C=O) groups excluding carboxylic acids is 1. The van der Waals surface area contributed by atoms with Gasteiger partial charge in [-0.2, -0.15) is 0 Å². The normalized spacial score (nSPS) is 10.3. The van der Waals surface area contributed by atoms with Gasteiger partial charge in [-0.1, -0.05) is 30.3 Å². The molecule has 0 saturated carbocycles. The summed E-state index contributed by atoms with van der Waals surface area (Å²) in [5.41, 5.74) is 2.67. The number of carbonyl (C=O) groups is 1. The molecule has 1 aromatic heterocycles. The second kappa shape index (κ2) is 9.33. The highest BCUT2D eigenvalue weighted by Gasteiger charge is 2.04. The van der Waals surface area contributed by atoms with E-state index in [0.29, 0.717) is 31.1 Å². The van der Waals surface area contributed by atoms with Crippen molar-refractivity contribution in [1.29, 1.82) is 0 Å². The van der Waals surface area contributed by atoms with Crippen LogP contribution in [-0.2, 0) is 6.42 Å². The van der Waals surface area contributed by atoms with Crippen molar-refractivity contribution in [3.63, 3.8) is 0 Å². The molecule has 138 valence electrons. The van der Waals surface area contributed by atoms with E-state index in [1.807, 2.05) is 49.4 Å². The summed E-state index contributed by atoms with van der Waals surface area (Å²) in [4.78, 5) is 20.7. The molecule has 3 rings (SSSR count). The maximum atomic E-state index is 12.0. The van der Waals surface area contributed by atoms with Gasteiger partial charge in [-0.25, -0.2) is 14.8 Å². The molecule has 0 spiro atoms. The van der Waals surface area contributed by atoms with E-state index in [-0.39, 0.29) is 6.03 Å². The molecule has 0 aliphatic rings. The fraction of sp³-hybridized carbons (Fsp3) is 0.190. The predicted octanol–water partition coefficient (Wildman–Crippen LogP) is 3.91. The molecule has 0 saturated heterocycles. The Hall–Kier alpha value is -3.41. The number of hydrogen-bond acceptors (Lipinski definition) is 4. The van der Waals surface area contributed by atoms with Crippen LogP contribution in [0.4, 0.5) is 10.5 Å². The number of benzene rings is 2. The van der Waals surface area contributed by atoms with E-state index >= 15 is 0 Å². The van der Waals surface area contributed by atoms with E-state index in [0.717, 1.165) is 16.9 Å². The average molecular weight is 362 g/mol. The summed E-state index contributed by atoms with van der Waals surface area (Å²) in [6.45, 7) is 3.04. The molecular weight excluding hydrogens is 340 g/mol. The Labute approximate surface area is 158 Å². The highest BCUT2D eigenvalue weighted by atomic mass is 16.5. The lowest BCUT2D eigenvalue weighted by molar-refractivity contribution is 0.252. The zero-order valence-electron chi connectivity index (χ0n) is 15.2. The minimum Gasteiger partial charge on any atom is -0.494 e. The van der Waals surface area contributed by atoms with Crippen LogP contribution < -0.4 is 15.4 Å². The molecule has 27 heavy (non-hydrogen) atoms. The lowest BCUT2D eigenvalue weighted by Gasteiger charge is -2.09. The van der Waals surface area contributed by atoms with Gasteiger partial charge in [0.05, 0.1) is 6.61 Å². The minimum atomic E-state index is -0.249. The molecule has 6 nitrogen and oxygen atoms in total. The first-order chi connectivity index (χ1) is 13.2. The van der Waals surface area contributed by atoms with E-state index in [1.54, 1.807) is 24.5 Å². The number of amides is 2. The van der Waals surface area contributed by atoms with Gasteiger partial charge in [0.1, 0.15) is 5.75 Å². The molecule has 2 amide bonds. The third kappa shape index (κ3) is 5.54. The summed E-state index contributed by atoms with van der Waals surface area (Å²) in [7, 11) is 0. The van der Waals surface area contributed by atoms with Crippen LogP contribution in [-0.4, -0.2) is 29.2 Å². The van der Waals surface area contributed by atoms with Crippen LogP contribution in [0.1, 0.15) is 12.5 Å². The van der Waals surface area contributed by atoms with Crippen molar-refractivity contribution in [3.05, 3.63) is 72.6 Å². The van der Waals surface area contributed by atoms with Crippen LogP contribution >= 0.6 is 0 Å². The summed E-state index contributed by atoms with van der Waals surface area (Å²) in [5, 5.41) is 5.62. The van der Waals surface area contributed by atoms with Crippen molar-refractivity contribution in [1.82, 2.24) is 15.3 Å². The third-order valence-electron chi connectivity index (χ3n) is 3.86. The van der Waals surface area contributed by atoms with Gasteiger partial charge in [0.2, 0.25) is 0 Å². The smallest absolute Gasteiger partial charge is 0.319 e. The van der Waals surface area contributed by atoms with E-state index in [4.69, 9.17) is 4.74 Å². The topological polar surface area (TPSA) is 76.1 Å². The maximum absolute atomic E-state index is 12.0. The monoisotopic (exact) mass is 362 g/mol. The Morgan fingerprint density at radius 1 is 1.00 bits per heavy atom. The molecule has 1 heterocycles. The second-order valence-corrected chi connectivity index (χ2v) is 5.87. The molecule has 0 aliphatic heterocycles. The van der Waals surface area contributed by atoms with Crippen LogP contribution in [0, 0.1) is 0 Å². The Balaban J connectivity index is 1.44. The number of anilines is 1. The van der Waals surface area contributed by atoms with Crippen LogP contribution in [0.3, 0.4) is 0 Å². The highest BCUT2D eigenvalue weighted by molar-refractivity contribution is 5.89. The van der Waals surface area contributed by atoms with Gasteiger partial charge in [-0.3, -0.25) is 0 Å². The van der Waals surface area contributed by atoms with E-state index in [9.17, 15) is 4.79 Å². The lowest BCUT2D eigenvalue weighted by atomic mass is 10.2. The largest absolute Gasteiger partial charge is 0.494 e. The summed E-state index contributed by atoms with van der Waals surface area (Å²) in [6.07, 6.45) is 4.24. The number of ether oxygens (including phenoxy) is 1. The minimum absolute atomic E-state index is 0.249. The molecule has 0 bridgehead atoms. The van der Waals surface area contributed by atoms with Crippen molar-refractivity contribution in [3.8, 4) is 17.1 Å². The van der Waals surface area contributed by atoms with Gasteiger partial charge >= 0.3 is 6.03 Å². The second-order valence-electron chi connectivity index (χ2n) is 5.87. The zero-order chi connectivity index (χ0) is 18.9. The number of nitrogens with one attached hydrogen (secondary N) is 2. The van der Waals surface area contributed by atoms with Gasteiger partial charge in [0.15, 0.2) is 5.82 Å². The van der Waals surface area contributed by atoms with Gasteiger partial charge in [0, 0.05) is 30.2 Å². The molecule has 6 heteroatoms. The SMILES string of the molecule is CCOc1ccc(NC(=O)NCCc2cnc(-c3ccccc3)nc2)cc1. The van der Waals surface area contributed by atoms with Gasteiger partial charge in [-0.05, 0) is 43.2 Å². The Morgan fingerprint density at radius 3 is 2.37 bits per heavy atom. The molecule has 2 N–H and O–H groups in total. The molecule has 0 unspecified atom stereocenters. The quantitative estimate of drug-likeness (QED) is 0.668. The Morgan fingerprint density at radius 2 is 1.70 bits per heavy atom. The molecular formula is C21H22N4O2. The van der Waals surface area contributed by atoms with Crippen molar-refractivity contribution in [2.24, 2.45) is 0 Å². The molecule has 0 atom stereocenters. The number of urea groups is 1. The number of rotatable bonds is 7. The standard InChI is InChI=1S/C21H22N4O2/c1-2-27-19-10-8-18(9-11-19)25-21(26)22-13-12-16-14-23-20(24-15-16)17-6-4-3-5-7-17/h3-11,14-15H,2,12-13H2,1H3,(H2,22,25,26). The highest BCUT2D eigenvalue weighted by Crippen LogP contribution is 2.15. The summed E-state index contributed by atoms with van der Waals surface area (Å²) in [6, 6.07) is 16.8. The van der Waals surface area contributed by atoms with E-state index in [2.05, 4.69) is 20.6 Å². The van der Waals surface area contributed by atoms with Gasteiger partial charge in [0.25, 0.3) is 0 Å². The van der Waals surface area contributed by atoms with Crippen LogP contribution in [0.5, 0.6) is 5.75 Å². The van der Waals surface area contributed by atoms with Crippen molar-refractivity contribution >= 4 is 11.7 Å². The fourth-order valence-electron chi connectivity index (χ4n) is 2.52. The van der Waals surface area contributed by atoms with Crippen LogP contribution in [0.2, 0.25) is 0 Å². The summed E-state index contributed by atoms with van der Waals surface area (Å²) < 4.78 is 5.38. The number of hydrogen-bond donors (Lipinski definition) is 2. The van der Waals surface area contributed by atoms with Gasteiger partial charge < -0.3 is 15.4 Å². The first-order valence-electron chi connectivity index (χ1n) is 8.88. The Bertz CT molecular complexity index is 850. The first kappa shape index (κ1) is 18.4. The molecule has 2 aromatic carbocycles. The number of nitrogens with zero attached hydrogens (tertiary/aromatic N) is 2. The van der Waals surface area contributed by atoms with Crippen molar-refractivity contribution in [2.45, 2.75) is 13.3 Å². The Kier molecular flexibility index (Phi) is 6.35. The lowest BCUT2D eigenvalue weighted by Crippen LogP contribution is -2.30. The average Bonchev–Trinajstić information content (AvgIpc) is 2.71. The third-order valence-corrected chi connectivity index (χ3v) is 3.86. The maximum Gasteiger partial charge on any atom is 0.319 e. The zero-order valence-corrected chi connectivity index (χ0v) is 15.2. The molecule has 0 radical (unpaired) electrons. The van der Waals surface area contributed by atoms with E-state index in [1.165, 1.54) is 0 Å². The first-order valence-corrected chi connectivity index (χ1v) is 8.88. The molecule has 0 aliphatic carbocycles. The van der Waals surface area contributed by atoms with Crippen molar-refractivity contribution in [2.75, 3.05) is 18.5 Å². The van der Waals surface area contributed by atoms with Crippen molar-refractivity contribution < 1.29 is 9.53 Å². The number of aromatic nitrogens is 2.